The van der Waals surface area contributed by atoms with Gasteiger partial charge in [0.15, 0.2) is 5.11 Å². The fourth-order valence-corrected chi connectivity index (χ4v) is 3.33. The molecule has 2 atom stereocenters. The molecule has 4 nitrogen and oxygen atoms in total. The summed E-state index contributed by atoms with van der Waals surface area (Å²) in [7, 11) is 5.36. The summed E-state index contributed by atoms with van der Waals surface area (Å²) in [5, 5.41) is 4.35. The summed E-state index contributed by atoms with van der Waals surface area (Å²) in [5.41, 5.74) is 1.09. The van der Waals surface area contributed by atoms with Crippen molar-refractivity contribution in [2.75, 3.05) is 21.3 Å². The van der Waals surface area contributed by atoms with Crippen LogP contribution in [0.3, 0.4) is 0 Å². The average Bonchev–Trinajstić information content (AvgIpc) is 2.57. The molecule has 0 saturated heterocycles. The Kier molecular flexibility index (Phi) is 6.51. The molecule has 0 amide bonds. The van der Waals surface area contributed by atoms with Gasteiger partial charge in [-0.2, -0.15) is 0 Å². The quantitative estimate of drug-likeness (QED) is 0.831. The molecule has 5 heteroatoms. The Balaban J connectivity index is 1.97. The fraction of sp³-hybridized carbons (Fsp3) is 0.611. The van der Waals surface area contributed by atoms with Gasteiger partial charge in [-0.25, -0.2) is 0 Å². The third-order valence-electron chi connectivity index (χ3n) is 4.67. The zero-order chi connectivity index (χ0) is 16.8. The first kappa shape index (κ1) is 17.9. The fourth-order valence-electron chi connectivity index (χ4n) is 3.11. The summed E-state index contributed by atoms with van der Waals surface area (Å²) < 4.78 is 10.7. The van der Waals surface area contributed by atoms with E-state index in [1.165, 1.54) is 25.7 Å². The van der Waals surface area contributed by atoms with Crippen molar-refractivity contribution in [2.45, 2.75) is 45.2 Å². The second-order valence-corrected chi connectivity index (χ2v) is 6.74. The van der Waals surface area contributed by atoms with Gasteiger partial charge in [0.05, 0.1) is 14.2 Å². The highest BCUT2D eigenvalue weighted by Gasteiger charge is 2.22. The molecule has 0 aliphatic heterocycles. The van der Waals surface area contributed by atoms with Crippen molar-refractivity contribution in [3.05, 3.63) is 23.8 Å². The third-order valence-corrected chi connectivity index (χ3v) is 5.10. The van der Waals surface area contributed by atoms with Gasteiger partial charge in [-0.1, -0.05) is 19.8 Å². The summed E-state index contributed by atoms with van der Waals surface area (Å²) >= 11 is 5.59. The first-order valence-electron chi connectivity index (χ1n) is 8.27. The first-order valence-corrected chi connectivity index (χ1v) is 8.68. The van der Waals surface area contributed by atoms with Crippen LogP contribution in [0.1, 0.15) is 38.2 Å². The first-order chi connectivity index (χ1) is 11.0. The summed E-state index contributed by atoms with van der Waals surface area (Å²) in [5.74, 6) is 2.31. The molecule has 0 unspecified atom stereocenters. The number of methoxy groups -OCH3 is 2. The lowest BCUT2D eigenvalue weighted by Crippen LogP contribution is -2.46. The van der Waals surface area contributed by atoms with Crippen molar-refractivity contribution in [3.8, 4) is 11.5 Å². The maximum atomic E-state index is 5.59. The van der Waals surface area contributed by atoms with Crippen molar-refractivity contribution in [3.63, 3.8) is 0 Å². The smallest absolute Gasteiger partial charge is 0.169 e. The number of ether oxygens (including phenoxy) is 2. The molecule has 1 aromatic rings. The molecule has 1 aromatic carbocycles. The molecule has 0 bridgehead atoms. The number of rotatable bonds is 5. The van der Waals surface area contributed by atoms with E-state index in [4.69, 9.17) is 21.7 Å². The van der Waals surface area contributed by atoms with Crippen molar-refractivity contribution in [1.82, 2.24) is 10.2 Å². The van der Waals surface area contributed by atoms with E-state index >= 15 is 0 Å². The maximum Gasteiger partial charge on any atom is 0.169 e. The van der Waals surface area contributed by atoms with Crippen molar-refractivity contribution in [1.29, 1.82) is 0 Å². The molecule has 2 rings (SSSR count). The lowest BCUT2D eigenvalue weighted by molar-refractivity contribution is 0.300. The topological polar surface area (TPSA) is 33.7 Å². The zero-order valence-corrected chi connectivity index (χ0v) is 15.4. The average molecular weight is 337 g/mol. The molecule has 1 aliphatic rings. The van der Waals surface area contributed by atoms with Crippen LogP contribution in [-0.4, -0.2) is 37.3 Å². The van der Waals surface area contributed by atoms with Crippen molar-refractivity contribution in [2.24, 2.45) is 5.92 Å². The standard InChI is InChI=1S/C18H28N2O2S/c1-13-7-5-6-8-16(13)19-18(23)20(2)12-14-9-10-15(21-3)11-17(14)22-4/h9-11,13,16H,5-8,12H2,1-4H3,(H,19,23)/t13-,16-/m0/s1. The second kappa shape index (κ2) is 8.39. The summed E-state index contributed by atoms with van der Waals surface area (Å²) in [6, 6.07) is 6.38. The van der Waals surface area contributed by atoms with Gasteiger partial charge in [-0.3, -0.25) is 0 Å². The van der Waals surface area contributed by atoms with Crippen LogP contribution in [-0.2, 0) is 6.54 Å². The van der Waals surface area contributed by atoms with Gasteiger partial charge in [0.2, 0.25) is 0 Å². The van der Waals surface area contributed by atoms with Gasteiger partial charge < -0.3 is 19.7 Å². The van der Waals surface area contributed by atoms with E-state index in [0.717, 1.165) is 22.2 Å². The Morgan fingerprint density at radius 2 is 2.00 bits per heavy atom. The highest BCUT2D eigenvalue weighted by Crippen LogP contribution is 2.26. The van der Waals surface area contributed by atoms with Gasteiger partial charge in [0, 0.05) is 31.3 Å². The van der Waals surface area contributed by atoms with Crippen LogP contribution >= 0.6 is 12.2 Å². The molecule has 1 aliphatic carbocycles. The van der Waals surface area contributed by atoms with E-state index in [2.05, 4.69) is 17.1 Å². The molecule has 1 fully saturated rings. The van der Waals surface area contributed by atoms with Crippen LogP contribution in [0.5, 0.6) is 11.5 Å². The zero-order valence-electron chi connectivity index (χ0n) is 14.6. The molecule has 0 spiro atoms. The minimum absolute atomic E-state index is 0.497. The monoisotopic (exact) mass is 336 g/mol. The molecular weight excluding hydrogens is 308 g/mol. The van der Waals surface area contributed by atoms with Gasteiger partial charge >= 0.3 is 0 Å². The Hall–Kier alpha value is -1.49. The van der Waals surface area contributed by atoms with Crippen LogP contribution in [0.4, 0.5) is 0 Å². The van der Waals surface area contributed by atoms with Crippen LogP contribution in [0.25, 0.3) is 0 Å². The minimum atomic E-state index is 0.497. The van der Waals surface area contributed by atoms with E-state index in [0.29, 0.717) is 18.5 Å². The number of thiocarbonyl (C=S) groups is 1. The van der Waals surface area contributed by atoms with Crippen molar-refractivity contribution >= 4 is 17.3 Å². The summed E-state index contributed by atoms with van der Waals surface area (Å²) in [4.78, 5) is 2.07. The molecule has 0 radical (unpaired) electrons. The van der Waals surface area contributed by atoms with E-state index in [1.807, 2.05) is 25.2 Å². The Bertz CT molecular complexity index is 536. The predicted molar refractivity (Wildman–Crippen MR) is 98.2 cm³/mol. The molecule has 128 valence electrons. The number of nitrogens with zero attached hydrogens (tertiary/aromatic N) is 1. The number of nitrogens with one attached hydrogen (secondary N) is 1. The Labute approximate surface area is 145 Å². The Morgan fingerprint density at radius 3 is 2.65 bits per heavy atom. The number of hydrogen-bond donors (Lipinski definition) is 1. The number of hydrogen-bond acceptors (Lipinski definition) is 3. The molecule has 0 aromatic heterocycles. The largest absolute Gasteiger partial charge is 0.497 e. The molecule has 1 saturated carbocycles. The van der Waals surface area contributed by atoms with E-state index in [1.54, 1.807) is 14.2 Å². The summed E-state index contributed by atoms with van der Waals surface area (Å²) in [6.07, 6.45) is 5.13. The predicted octanol–water partition coefficient (Wildman–Crippen LogP) is 3.59. The van der Waals surface area contributed by atoms with E-state index in [-0.39, 0.29) is 0 Å². The molecule has 23 heavy (non-hydrogen) atoms. The van der Waals surface area contributed by atoms with Gasteiger partial charge in [0.25, 0.3) is 0 Å². The van der Waals surface area contributed by atoms with Crippen LogP contribution in [0.15, 0.2) is 18.2 Å². The lowest BCUT2D eigenvalue weighted by Gasteiger charge is -2.33. The summed E-state index contributed by atoms with van der Waals surface area (Å²) in [6.45, 7) is 3.02. The highest BCUT2D eigenvalue weighted by molar-refractivity contribution is 7.80. The van der Waals surface area contributed by atoms with E-state index in [9.17, 15) is 0 Å². The molecular formula is C18H28N2O2S. The lowest BCUT2D eigenvalue weighted by atomic mass is 9.86. The minimum Gasteiger partial charge on any atom is -0.497 e. The SMILES string of the molecule is COc1ccc(CN(C)C(=S)N[C@H]2CCCC[C@@H]2C)c(OC)c1. The van der Waals surface area contributed by atoms with Crippen LogP contribution in [0, 0.1) is 5.92 Å². The van der Waals surface area contributed by atoms with Crippen LogP contribution < -0.4 is 14.8 Å². The second-order valence-electron chi connectivity index (χ2n) is 6.35. The maximum absolute atomic E-state index is 5.59. The molecule has 0 heterocycles. The Morgan fingerprint density at radius 1 is 1.26 bits per heavy atom. The van der Waals surface area contributed by atoms with Gasteiger partial charge in [-0.15, -0.1) is 0 Å². The number of benzene rings is 1. The van der Waals surface area contributed by atoms with E-state index < -0.39 is 0 Å². The van der Waals surface area contributed by atoms with Gasteiger partial charge in [0.1, 0.15) is 11.5 Å². The molecule has 1 N–H and O–H groups in total. The van der Waals surface area contributed by atoms with Gasteiger partial charge in [-0.05, 0) is 43.1 Å². The van der Waals surface area contributed by atoms with Crippen LogP contribution in [0.2, 0.25) is 0 Å². The van der Waals surface area contributed by atoms with Crippen molar-refractivity contribution < 1.29 is 9.47 Å². The third kappa shape index (κ3) is 4.74. The normalized spacial score (nSPS) is 20.7. The highest BCUT2D eigenvalue weighted by atomic mass is 32.1.